The SMILES string of the molecule is Cc1ccc(NS(=O)(=O)Cc2ccccc2I)c(=O)n1C(CCON=C(N)N)C(N)=O. The van der Waals surface area contributed by atoms with Crippen LogP contribution in [-0.2, 0) is 25.4 Å². The fourth-order valence-corrected chi connectivity index (χ4v) is 4.88. The second-order valence-corrected chi connectivity index (χ2v) is 9.46. The lowest BCUT2D eigenvalue weighted by atomic mass is 10.1. The quantitative estimate of drug-likeness (QED) is 0.106. The van der Waals surface area contributed by atoms with E-state index < -0.39 is 27.5 Å². The highest BCUT2D eigenvalue weighted by molar-refractivity contribution is 14.1. The first-order valence-electron chi connectivity index (χ1n) is 8.98. The number of oxime groups is 1. The molecule has 11 nitrogen and oxygen atoms in total. The fourth-order valence-electron chi connectivity index (χ4n) is 2.82. The van der Waals surface area contributed by atoms with Crippen LogP contribution in [0.4, 0.5) is 5.69 Å². The topological polar surface area (TPSA) is 185 Å². The summed E-state index contributed by atoms with van der Waals surface area (Å²) in [6, 6.07) is 8.76. The first kappa shape index (κ1) is 24.5. The number of primary amides is 1. The number of aryl methyl sites for hydroxylation is 1. The summed E-state index contributed by atoms with van der Waals surface area (Å²) in [4.78, 5) is 29.8. The van der Waals surface area contributed by atoms with Gasteiger partial charge in [-0.05, 0) is 58.4 Å². The van der Waals surface area contributed by atoms with Gasteiger partial charge in [-0.1, -0.05) is 18.2 Å². The third-order valence-corrected chi connectivity index (χ3v) is 6.46. The molecular formula is C18H23IN6O5S. The highest BCUT2D eigenvalue weighted by atomic mass is 127. The van der Waals surface area contributed by atoms with Crippen molar-refractivity contribution >= 4 is 50.2 Å². The van der Waals surface area contributed by atoms with Gasteiger partial charge in [0.05, 0.1) is 5.75 Å². The molecule has 0 fully saturated rings. The molecule has 2 aromatic rings. The number of carbonyl (C=O) groups is 1. The van der Waals surface area contributed by atoms with E-state index in [1.165, 1.54) is 12.1 Å². The molecule has 1 aromatic heterocycles. The number of halogens is 1. The highest BCUT2D eigenvalue weighted by Gasteiger charge is 2.23. The highest BCUT2D eigenvalue weighted by Crippen LogP contribution is 2.18. The molecular weight excluding hydrogens is 539 g/mol. The molecule has 0 saturated heterocycles. The summed E-state index contributed by atoms with van der Waals surface area (Å²) in [6.45, 7) is 1.50. The molecule has 1 aromatic carbocycles. The molecule has 0 saturated carbocycles. The maximum absolute atomic E-state index is 13.0. The van der Waals surface area contributed by atoms with Gasteiger partial charge in [0.25, 0.3) is 5.56 Å². The number of aromatic nitrogens is 1. The maximum atomic E-state index is 13.0. The second-order valence-electron chi connectivity index (χ2n) is 6.57. The standard InChI is InChI=1S/C18H23IN6O5S/c1-11-6-7-14(24-31(28,29)10-12-4-2-3-5-13(12)19)17(27)25(11)15(16(20)26)8-9-30-23-18(21)22/h2-7,15,24H,8-10H2,1H3,(H2,20,26)(H4,21,22,23). The predicted molar refractivity (Wildman–Crippen MR) is 125 cm³/mol. The molecule has 0 radical (unpaired) electrons. The van der Waals surface area contributed by atoms with E-state index in [2.05, 4.69) is 9.88 Å². The van der Waals surface area contributed by atoms with Crippen molar-refractivity contribution in [2.45, 2.75) is 25.1 Å². The third-order valence-electron chi connectivity index (χ3n) is 4.18. The number of anilines is 1. The number of sulfonamides is 1. The van der Waals surface area contributed by atoms with E-state index in [1.807, 2.05) is 22.6 Å². The Balaban J connectivity index is 2.31. The van der Waals surface area contributed by atoms with Crippen LogP contribution in [0, 0.1) is 10.5 Å². The minimum absolute atomic E-state index is 0.00866. The van der Waals surface area contributed by atoms with Gasteiger partial charge in [-0.25, -0.2) is 8.42 Å². The molecule has 0 spiro atoms. The Kier molecular flexibility index (Phi) is 8.27. The van der Waals surface area contributed by atoms with Crippen molar-refractivity contribution in [3.05, 3.63) is 61.6 Å². The molecule has 1 atom stereocenters. The number of rotatable bonds is 10. The van der Waals surface area contributed by atoms with Crippen LogP contribution in [0.15, 0.2) is 46.3 Å². The van der Waals surface area contributed by atoms with Crippen molar-refractivity contribution in [1.82, 2.24) is 4.57 Å². The van der Waals surface area contributed by atoms with Crippen molar-refractivity contribution in [2.75, 3.05) is 11.3 Å². The minimum Gasteiger partial charge on any atom is -0.393 e. The number of benzene rings is 1. The first-order chi connectivity index (χ1) is 14.5. The van der Waals surface area contributed by atoms with E-state index in [4.69, 9.17) is 22.0 Å². The van der Waals surface area contributed by atoms with E-state index >= 15 is 0 Å². The van der Waals surface area contributed by atoms with Crippen LogP contribution in [0.2, 0.25) is 0 Å². The summed E-state index contributed by atoms with van der Waals surface area (Å²) >= 11 is 2.04. The lowest BCUT2D eigenvalue weighted by Crippen LogP contribution is -2.37. The summed E-state index contributed by atoms with van der Waals surface area (Å²) in [7, 11) is -3.89. The Morgan fingerprint density at radius 3 is 2.52 bits per heavy atom. The molecule has 0 aliphatic rings. The Bertz CT molecular complexity index is 1140. The molecule has 0 aliphatic carbocycles. The van der Waals surface area contributed by atoms with Gasteiger partial charge in [0.15, 0.2) is 0 Å². The van der Waals surface area contributed by atoms with E-state index in [0.717, 1.165) is 8.14 Å². The van der Waals surface area contributed by atoms with Gasteiger partial charge in [0.2, 0.25) is 21.9 Å². The molecule has 13 heteroatoms. The molecule has 2 rings (SSSR count). The average Bonchev–Trinajstić information content (AvgIpc) is 2.67. The van der Waals surface area contributed by atoms with E-state index in [0.29, 0.717) is 11.3 Å². The van der Waals surface area contributed by atoms with E-state index in [9.17, 15) is 18.0 Å². The number of nitrogens with two attached hydrogens (primary N) is 3. The number of nitrogens with zero attached hydrogens (tertiary/aromatic N) is 2. The normalized spacial score (nSPS) is 12.1. The number of carbonyl (C=O) groups excluding carboxylic acids is 1. The summed E-state index contributed by atoms with van der Waals surface area (Å²) in [5.41, 5.74) is 15.9. The van der Waals surface area contributed by atoms with Crippen LogP contribution in [-0.4, -0.2) is 31.5 Å². The van der Waals surface area contributed by atoms with Crippen LogP contribution in [0.3, 0.4) is 0 Å². The van der Waals surface area contributed by atoms with Crippen molar-refractivity contribution in [1.29, 1.82) is 0 Å². The Morgan fingerprint density at radius 1 is 1.23 bits per heavy atom. The van der Waals surface area contributed by atoms with Gasteiger partial charge in [-0.3, -0.25) is 18.9 Å². The molecule has 168 valence electrons. The summed E-state index contributed by atoms with van der Waals surface area (Å²) in [5, 5.41) is 3.35. The summed E-state index contributed by atoms with van der Waals surface area (Å²) in [6.07, 6.45) is -0.00866. The number of guanidine groups is 1. The average molecular weight is 562 g/mol. The monoisotopic (exact) mass is 562 g/mol. The van der Waals surface area contributed by atoms with E-state index in [1.54, 1.807) is 31.2 Å². The molecule has 0 bridgehead atoms. The van der Waals surface area contributed by atoms with Gasteiger partial charge in [0, 0.05) is 15.7 Å². The fraction of sp³-hybridized carbons (Fsp3) is 0.278. The van der Waals surface area contributed by atoms with Gasteiger partial charge in [-0.2, -0.15) is 0 Å². The molecule has 0 aliphatic heterocycles. The zero-order valence-corrected chi connectivity index (χ0v) is 19.6. The maximum Gasteiger partial charge on any atom is 0.275 e. The van der Waals surface area contributed by atoms with Crippen molar-refractivity contribution < 1.29 is 18.0 Å². The Labute approximate surface area is 192 Å². The van der Waals surface area contributed by atoms with Crippen LogP contribution < -0.4 is 27.5 Å². The van der Waals surface area contributed by atoms with Crippen LogP contribution in [0.1, 0.15) is 23.7 Å². The van der Waals surface area contributed by atoms with Gasteiger partial charge < -0.3 is 22.0 Å². The molecule has 7 N–H and O–H groups in total. The summed E-state index contributed by atoms with van der Waals surface area (Å²) in [5.74, 6) is -1.41. The molecule has 31 heavy (non-hydrogen) atoms. The zero-order valence-electron chi connectivity index (χ0n) is 16.6. The Hall–Kier alpha value is -2.81. The van der Waals surface area contributed by atoms with Crippen LogP contribution >= 0.6 is 22.6 Å². The lowest BCUT2D eigenvalue weighted by Gasteiger charge is -2.20. The van der Waals surface area contributed by atoms with Crippen molar-refractivity contribution in [3.63, 3.8) is 0 Å². The minimum atomic E-state index is -3.89. The smallest absolute Gasteiger partial charge is 0.275 e. The molecule has 1 heterocycles. The van der Waals surface area contributed by atoms with Gasteiger partial charge in [0.1, 0.15) is 18.3 Å². The Morgan fingerprint density at radius 2 is 1.90 bits per heavy atom. The van der Waals surface area contributed by atoms with Crippen LogP contribution in [0.25, 0.3) is 0 Å². The van der Waals surface area contributed by atoms with Gasteiger partial charge >= 0.3 is 0 Å². The number of hydrogen-bond acceptors (Lipinski definition) is 6. The third kappa shape index (κ3) is 6.85. The predicted octanol–water partition coefficient (Wildman–Crippen LogP) is 0.325. The van der Waals surface area contributed by atoms with E-state index in [-0.39, 0.29) is 30.4 Å². The largest absolute Gasteiger partial charge is 0.393 e. The summed E-state index contributed by atoms with van der Waals surface area (Å²) < 4.78 is 29.5. The second kappa shape index (κ2) is 10.5. The van der Waals surface area contributed by atoms with Crippen LogP contribution in [0.5, 0.6) is 0 Å². The first-order valence-corrected chi connectivity index (χ1v) is 11.7. The number of nitrogens with one attached hydrogen (secondary N) is 1. The number of amides is 1. The zero-order chi connectivity index (χ0) is 23.2. The molecule has 1 unspecified atom stereocenters. The lowest BCUT2D eigenvalue weighted by molar-refractivity contribution is -0.121. The number of pyridine rings is 1. The number of hydrogen-bond donors (Lipinski definition) is 4. The van der Waals surface area contributed by atoms with Crippen molar-refractivity contribution in [2.24, 2.45) is 22.4 Å². The molecule has 1 amide bonds. The van der Waals surface area contributed by atoms with Crippen molar-refractivity contribution in [3.8, 4) is 0 Å². The van der Waals surface area contributed by atoms with Gasteiger partial charge in [-0.15, -0.1) is 0 Å².